The van der Waals surface area contributed by atoms with Crippen molar-refractivity contribution in [3.63, 3.8) is 0 Å². The van der Waals surface area contributed by atoms with Crippen LogP contribution in [0.2, 0.25) is 0 Å². The Hall–Kier alpha value is -1.53. The SMILES string of the molecule is CC1(C)C2CCC13C(=O)C2Cc1ccc(cc1)CC1C(=O)C2(CCC1C2(C)C)C3S(=O)(=O)O. The Morgan fingerprint density at radius 1 is 0.758 bits per heavy atom. The van der Waals surface area contributed by atoms with E-state index in [1.54, 1.807) is 0 Å². The average molecular weight is 471 g/mol. The van der Waals surface area contributed by atoms with Crippen molar-refractivity contribution in [2.24, 2.45) is 45.3 Å². The maximum absolute atomic E-state index is 14.4. The Kier molecular flexibility index (Phi) is 4.11. The summed E-state index contributed by atoms with van der Waals surface area (Å²) in [5.74, 6) is -0.567. The zero-order valence-electron chi connectivity index (χ0n) is 19.9. The van der Waals surface area contributed by atoms with E-state index in [0.29, 0.717) is 25.7 Å². The monoisotopic (exact) mass is 470 g/mol. The molecular formula is C27H34O5S. The van der Waals surface area contributed by atoms with E-state index in [1.807, 2.05) is 27.7 Å². The second-order valence-electron chi connectivity index (χ2n) is 12.7. The smallest absolute Gasteiger partial charge is 0.269 e. The van der Waals surface area contributed by atoms with E-state index in [1.165, 1.54) is 0 Å². The number of hydrogen-bond acceptors (Lipinski definition) is 4. The summed E-state index contributed by atoms with van der Waals surface area (Å²) in [4.78, 5) is 28.7. The van der Waals surface area contributed by atoms with E-state index in [9.17, 15) is 22.6 Å². The van der Waals surface area contributed by atoms with Gasteiger partial charge in [0.05, 0.1) is 10.8 Å². The molecule has 0 amide bonds. The molecule has 0 heterocycles. The summed E-state index contributed by atoms with van der Waals surface area (Å²) < 4.78 is 37.8. The van der Waals surface area contributed by atoms with Crippen molar-refractivity contribution in [3.05, 3.63) is 35.4 Å². The Morgan fingerprint density at radius 3 is 1.45 bits per heavy atom. The van der Waals surface area contributed by atoms with Gasteiger partial charge in [-0.15, -0.1) is 0 Å². The maximum atomic E-state index is 14.4. The standard InChI is InChI=1S/C27H34O5S/c1-24(2)19-9-11-26(24)21(28)17(19)13-15-5-7-16(8-6-15)14-18-20-10-12-27(22(18)29,25(20,3)4)23(26)33(30,31)32/h5-8,17-20,23H,9-14H2,1-4H3,(H,30,31,32). The molecule has 1 aromatic rings. The van der Waals surface area contributed by atoms with Gasteiger partial charge >= 0.3 is 0 Å². The van der Waals surface area contributed by atoms with Gasteiger partial charge in [-0.25, -0.2) is 0 Å². The van der Waals surface area contributed by atoms with Gasteiger partial charge in [-0.2, -0.15) is 8.42 Å². The van der Waals surface area contributed by atoms with Gasteiger partial charge in [0.1, 0.15) is 16.8 Å². The Balaban J connectivity index is 1.70. The van der Waals surface area contributed by atoms with Crippen LogP contribution in [0.4, 0.5) is 0 Å². The van der Waals surface area contributed by atoms with Crippen molar-refractivity contribution in [2.45, 2.75) is 71.5 Å². The topological polar surface area (TPSA) is 88.5 Å². The highest BCUT2D eigenvalue weighted by Crippen LogP contribution is 2.77. The first-order valence-corrected chi connectivity index (χ1v) is 13.9. The number of benzene rings is 1. The highest BCUT2D eigenvalue weighted by Gasteiger charge is 2.82. The van der Waals surface area contributed by atoms with Gasteiger partial charge in [-0.1, -0.05) is 52.0 Å². The van der Waals surface area contributed by atoms with Gasteiger partial charge < -0.3 is 0 Å². The van der Waals surface area contributed by atoms with E-state index in [0.717, 1.165) is 24.0 Å². The van der Waals surface area contributed by atoms with Crippen LogP contribution < -0.4 is 0 Å². The predicted molar refractivity (Wildman–Crippen MR) is 124 cm³/mol. The van der Waals surface area contributed by atoms with Crippen molar-refractivity contribution < 1.29 is 22.6 Å². The Labute approximate surface area is 196 Å². The van der Waals surface area contributed by atoms with Gasteiger partial charge in [-0.05, 0) is 72.3 Å². The van der Waals surface area contributed by atoms with E-state index in [-0.39, 0.29) is 35.2 Å². The molecule has 0 aliphatic heterocycles. The lowest BCUT2D eigenvalue weighted by atomic mass is 9.54. The van der Waals surface area contributed by atoms with Crippen molar-refractivity contribution in [2.75, 3.05) is 0 Å². The third-order valence-electron chi connectivity index (χ3n) is 11.5. The van der Waals surface area contributed by atoms with Gasteiger partial charge in [0.15, 0.2) is 0 Å². The molecule has 5 nitrogen and oxygen atoms in total. The molecule has 6 atom stereocenters. The first kappa shape index (κ1) is 22.0. The Morgan fingerprint density at radius 2 is 1.12 bits per heavy atom. The van der Waals surface area contributed by atoms with Crippen molar-refractivity contribution in [1.29, 1.82) is 0 Å². The molecule has 8 bridgehead atoms. The van der Waals surface area contributed by atoms with E-state index < -0.39 is 37.0 Å². The molecule has 6 aliphatic carbocycles. The van der Waals surface area contributed by atoms with Crippen LogP contribution in [0.15, 0.2) is 24.3 Å². The highest BCUT2D eigenvalue weighted by atomic mass is 32.2. The molecule has 1 aromatic carbocycles. The van der Waals surface area contributed by atoms with Crippen molar-refractivity contribution in [1.82, 2.24) is 0 Å². The molecule has 4 fully saturated rings. The minimum absolute atomic E-state index is 0.0421. The van der Waals surface area contributed by atoms with Crippen LogP contribution in [0.5, 0.6) is 0 Å². The molecule has 178 valence electrons. The summed E-state index contributed by atoms with van der Waals surface area (Å²) in [5.41, 5.74) is -1.53. The van der Waals surface area contributed by atoms with Crippen LogP contribution in [0, 0.1) is 45.3 Å². The average Bonchev–Trinajstić information content (AvgIpc) is 3.23. The molecule has 6 unspecified atom stereocenters. The van der Waals surface area contributed by atoms with Crippen molar-refractivity contribution >= 4 is 21.7 Å². The summed E-state index contributed by atoms with van der Waals surface area (Å²) in [6.45, 7) is 8.07. The third-order valence-corrected chi connectivity index (χ3v) is 12.9. The second-order valence-corrected chi connectivity index (χ2v) is 14.2. The summed E-state index contributed by atoms with van der Waals surface area (Å²) in [6.07, 6.45) is 3.55. The molecule has 7 rings (SSSR count). The highest BCUT2D eigenvalue weighted by molar-refractivity contribution is 7.86. The molecule has 6 heteroatoms. The predicted octanol–water partition coefficient (Wildman–Crippen LogP) is 4.28. The van der Waals surface area contributed by atoms with Crippen molar-refractivity contribution in [3.8, 4) is 0 Å². The second kappa shape index (κ2) is 6.17. The molecule has 6 aliphatic rings. The fourth-order valence-corrected chi connectivity index (χ4v) is 12.1. The van der Waals surface area contributed by atoms with Gasteiger partial charge in [0.25, 0.3) is 10.1 Å². The zero-order chi connectivity index (χ0) is 23.8. The molecule has 4 saturated carbocycles. The molecular weight excluding hydrogens is 436 g/mol. The van der Waals surface area contributed by atoms with Crippen LogP contribution in [0.25, 0.3) is 0 Å². The fraction of sp³-hybridized carbons (Fsp3) is 0.704. The first-order chi connectivity index (χ1) is 15.3. The molecule has 33 heavy (non-hydrogen) atoms. The summed E-state index contributed by atoms with van der Waals surface area (Å²) in [6, 6.07) is 8.30. The van der Waals surface area contributed by atoms with Crippen LogP contribution in [-0.2, 0) is 32.5 Å². The van der Waals surface area contributed by atoms with E-state index in [2.05, 4.69) is 24.3 Å². The number of rotatable bonds is 1. The lowest BCUT2D eigenvalue weighted by Gasteiger charge is -2.51. The normalized spacial score (nSPS) is 44.6. The summed E-state index contributed by atoms with van der Waals surface area (Å²) in [5, 5.41) is -1.37. The van der Waals surface area contributed by atoms with Crippen LogP contribution in [-0.4, -0.2) is 29.8 Å². The van der Waals surface area contributed by atoms with E-state index in [4.69, 9.17) is 0 Å². The summed E-state index contributed by atoms with van der Waals surface area (Å²) >= 11 is 0. The Bertz CT molecular complexity index is 1100. The zero-order valence-corrected chi connectivity index (χ0v) is 20.7. The number of fused-ring (bicyclic) bond motifs is 4. The third kappa shape index (κ3) is 2.26. The summed E-state index contributed by atoms with van der Waals surface area (Å²) in [7, 11) is -4.69. The minimum atomic E-state index is -4.69. The van der Waals surface area contributed by atoms with Crippen LogP contribution in [0.3, 0.4) is 0 Å². The van der Waals surface area contributed by atoms with Gasteiger partial charge in [0.2, 0.25) is 0 Å². The number of hydrogen-bond donors (Lipinski definition) is 1. The van der Waals surface area contributed by atoms with Crippen LogP contribution in [0.1, 0.15) is 64.5 Å². The fourth-order valence-electron chi connectivity index (χ4n) is 10.0. The lowest BCUT2D eigenvalue weighted by molar-refractivity contribution is -0.142. The van der Waals surface area contributed by atoms with Gasteiger partial charge in [-0.3, -0.25) is 14.1 Å². The van der Waals surface area contributed by atoms with Gasteiger partial charge in [0, 0.05) is 11.8 Å². The largest absolute Gasteiger partial charge is 0.299 e. The number of ketones is 2. The minimum Gasteiger partial charge on any atom is -0.299 e. The molecule has 2 spiro atoms. The number of Topliss-reactive ketones (excluding diaryl/α,β-unsaturated/α-hetero) is 2. The van der Waals surface area contributed by atoms with Crippen LogP contribution >= 0.6 is 0 Å². The molecule has 0 radical (unpaired) electrons. The maximum Gasteiger partial charge on any atom is 0.269 e. The molecule has 0 saturated heterocycles. The first-order valence-electron chi connectivity index (χ1n) is 12.4. The van der Waals surface area contributed by atoms with E-state index >= 15 is 0 Å². The molecule has 1 N–H and O–H groups in total. The number of carbonyl (C=O) groups excluding carboxylic acids is 2. The quantitative estimate of drug-likeness (QED) is 0.619. The lowest BCUT2D eigenvalue weighted by Crippen LogP contribution is -2.62. The number of carbonyl (C=O) groups is 2. The molecule has 0 aromatic heterocycles.